The van der Waals surface area contributed by atoms with Crippen molar-refractivity contribution in [2.45, 2.75) is 12.5 Å². The zero-order valence-corrected chi connectivity index (χ0v) is 17.6. The Morgan fingerprint density at radius 1 is 1.00 bits per heavy atom. The molecule has 0 spiro atoms. The van der Waals surface area contributed by atoms with Crippen LogP contribution >= 0.6 is 23.2 Å². The fourth-order valence-corrected chi connectivity index (χ4v) is 3.71. The van der Waals surface area contributed by atoms with Crippen LogP contribution in [-0.2, 0) is 6.42 Å². The van der Waals surface area contributed by atoms with Gasteiger partial charge in [-0.2, -0.15) is 0 Å². The molecule has 2 heterocycles. The Morgan fingerprint density at radius 3 is 2.55 bits per heavy atom. The molecule has 3 N–H and O–H groups in total. The molecule has 2 aromatic carbocycles. The first-order chi connectivity index (χ1) is 14.9. The molecular weight excluding hydrogens is 437 g/mol. The number of Topliss-reactive ketones (excluding diaryl/α,β-unsaturated/α-hetero) is 1. The SMILES string of the molecule is O=C(NC(Cc1ccccc1Cl)C(=O)c1ccc(=O)[nH]c1)c1cc2cc(Cl)ccc2[nH]1. The third kappa shape index (κ3) is 4.71. The largest absolute Gasteiger partial charge is 0.351 e. The summed E-state index contributed by atoms with van der Waals surface area (Å²) in [6, 6.07) is 15.8. The summed E-state index contributed by atoms with van der Waals surface area (Å²) in [4.78, 5) is 43.0. The number of carbonyl (C=O) groups excluding carboxylic acids is 2. The molecule has 0 aliphatic heterocycles. The highest BCUT2D eigenvalue weighted by Gasteiger charge is 2.25. The number of pyridine rings is 1. The summed E-state index contributed by atoms with van der Waals surface area (Å²) >= 11 is 12.3. The lowest BCUT2D eigenvalue weighted by Crippen LogP contribution is -2.42. The second kappa shape index (κ2) is 8.79. The number of aromatic nitrogens is 2. The zero-order valence-electron chi connectivity index (χ0n) is 16.1. The standard InChI is InChI=1S/C23H17Cl2N3O3/c24-16-6-7-18-15(9-16)11-20(27-18)23(31)28-19(10-13-3-1-2-4-17(13)25)22(30)14-5-8-21(29)26-12-14/h1-9,11-12,19,27H,10H2,(H,26,29)(H,28,31). The maximum atomic E-state index is 13.1. The molecule has 4 aromatic rings. The molecule has 1 unspecified atom stereocenters. The number of ketones is 1. The Hall–Kier alpha value is -3.35. The molecule has 6 nitrogen and oxygen atoms in total. The Kier molecular flexibility index (Phi) is 5.93. The van der Waals surface area contributed by atoms with Gasteiger partial charge in [0.15, 0.2) is 5.78 Å². The van der Waals surface area contributed by atoms with Crippen molar-refractivity contribution in [3.05, 3.63) is 104 Å². The van der Waals surface area contributed by atoms with Crippen LogP contribution in [0.1, 0.15) is 26.4 Å². The first-order valence-electron chi connectivity index (χ1n) is 9.46. The number of hydrogen-bond donors (Lipinski definition) is 3. The maximum absolute atomic E-state index is 13.1. The molecule has 0 saturated heterocycles. The number of hydrogen-bond acceptors (Lipinski definition) is 3. The molecule has 156 valence electrons. The molecule has 0 fully saturated rings. The lowest BCUT2D eigenvalue weighted by molar-refractivity contribution is 0.0854. The number of amides is 1. The van der Waals surface area contributed by atoms with E-state index in [1.807, 2.05) is 6.07 Å². The highest BCUT2D eigenvalue weighted by molar-refractivity contribution is 6.31. The molecule has 4 rings (SSSR count). The van der Waals surface area contributed by atoms with Gasteiger partial charge in [0.05, 0.1) is 6.04 Å². The van der Waals surface area contributed by atoms with E-state index < -0.39 is 11.9 Å². The predicted molar refractivity (Wildman–Crippen MR) is 121 cm³/mol. The molecule has 1 amide bonds. The molecular formula is C23H17Cl2N3O3. The smallest absolute Gasteiger partial charge is 0.268 e. The average molecular weight is 454 g/mol. The van der Waals surface area contributed by atoms with Crippen LogP contribution in [0, 0.1) is 0 Å². The number of H-pyrrole nitrogens is 2. The van der Waals surface area contributed by atoms with Crippen molar-refractivity contribution in [2.24, 2.45) is 0 Å². The van der Waals surface area contributed by atoms with Crippen LogP contribution in [0.3, 0.4) is 0 Å². The number of halogens is 2. The van der Waals surface area contributed by atoms with Crippen molar-refractivity contribution in [1.29, 1.82) is 0 Å². The van der Waals surface area contributed by atoms with Gasteiger partial charge >= 0.3 is 0 Å². The predicted octanol–water partition coefficient (Wildman–Crippen LogP) is 4.39. The van der Waals surface area contributed by atoms with Crippen molar-refractivity contribution in [3.8, 4) is 0 Å². The minimum absolute atomic E-state index is 0.190. The van der Waals surface area contributed by atoms with Crippen LogP contribution < -0.4 is 10.9 Å². The van der Waals surface area contributed by atoms with E-state index in [4.69, 9.17) is 23.2 Å². The molecule has 0 aliphatic rings. The van der Waals surface area contributed by atoms with E-state index in [2.05, 4.69) is 15.3 Å². The van der Waals surface area contributed by atoms with Gasteiger partial charge in [-0.3, -0.25) is 14.4 Å². The number of carbonyl (C=O) groups is 2. The summed E-state index contributed by atoms with van der Waals surface area (Å²) in [5.41, 5.74) is 1.73. The van der Waals surface area contributed by atoms with Crippen LogP contribution in [0.5, 0.6) is 0 Å². The number of fused-ring (bicyclic) bond motifs is 1. The van der Waals surface area contributed by atoms with Crippen LogP contribution in [0.2, 0.25) is 10.0 Å². The van der Waals surface area contributed by atoms with Crippen molar-refractivity contribution >= 4 is 45.8 Å². The summed E-state index contributed by atoms with van der Waals surface area (Å²) in [7, 11) is 0. The highest BCUT2D eigenvalue weighted by Crippen LogP contribution is 2.21. The minimum Gasteiger partial charge on any atom is -0.351 e. The number of aromatic amines is 2. The average Bonchev–Trinajstić information content (AvgIpc) is 3.18. The van der Waals surface area contributed by atoms with Gasteiger partial charge in [-0.25, -0.2) is 0 Å². The summed E-state index contributed by atoms with van der Waals surface area (Å²) in [5.74, 6) is -0.786. The lowest BCUT2D eigenvalue weighted by atomic mass is 9.98. The van der Waals surface area contributed by atoms with Gasteiger partial charge in [0.2, 0.25) is 5.56 Å². The van der Waals surface area contributed by atoms with E-state index in [0.717, 1.165) is 16.5 Å². The summed E-state index contributed by atoms with van der Waals surface area (Å²) in [5, 5.41) is 4.63. The van der Waals surface area contributed by atoms with Crippen LogP contribution in [-0.4, -0.2) is 27.7 Å². The van der Waals surface area contributed by atoms with Gasteiger partial charge in [0.1, 0.15) is 5.69 Å². The second-order valence-corrected chi connectivity index (χ2v) is 7.89. The van der Waals surface area contributed by atoms with Crippen LogP contribution in [0.4, 0.5) is 0 Å². The van der Waals surface area contributed by atoms with E-state index in [1.165, 1.54) is 18.3 Å². The first kappa shape index (κ1) is 20.9. The maximum Gasteiger partial charge on any atom is 0.268 e. The van der Waals surface area contributed by atoms with Crippen LogP contribution in [0.15, 0.2) is 71.7 Å². The monoisotopic (exact) mass is 453 g/mol. The normalized spacial score (nSPS) is 11.9. The van der Waals surface area contributed by atoms with E-state index in [-0.39, 0.29) is 23.3 Å². The number of rotatable bonds is 6. The van der Waals surface area contributed by atoms with Gasteiger partial charge in [-0.05, 0) is 42.0 Å². The van der Waals surface area contributed by atoms with E-state index in [1.54, 1.807) is 42.5 Å². The molecule has 0 bridgehead atoms. The van der Waals surface area contributed by atoms with Gasteiger partial charge in [-0.15, -0.1) is 0 Å². The lowest BCUT2D eigenvalue weighted by Gasteiger charge is -2.18. The molecule has 31 heavy (non-hydrogen) atoms. The quantitative estimate of drug-likeness (QED) is 0.377. The van der Waals surface area contributed by atoms with Gasteiger partial charge in [0.25, 0.3) is 5.91 Å². The minimum atomic E-state index is -0.895. The topological polar surface area (TPSA) is 94.8 Å². The Bertz CT molecular complexity index is 1320. The fraction of sp³-hybridized carbons (Fsp3) is 0.0870. The third-order valence-corrected chi connectivity index (χ3v) is 5.50. The molecule has 1 atom stereocenters. The van der Waals surface area contributed by atoms with E-state index in [9.17, 15) is 14.4 Å². The molecule has 0 aliphatic carbocycles. The summed E-state index contributed by atoms with van der Waals surface area (Å²) in [6.07, 6.45) is 1.52. The Morgan fingerprint density at radius 2 is 1.81 bits per heavy atom. The molecule has 2 aromatic heterocycles. The van der Waals surface area contributed by atoms with Gasteiger partial charge in [0, 0.05) is 45.2 Å². The molecule has 0 radical (unpaired) electrons. The van der Waals surface area contributed by atoms with E-state index >= 15 is 0 Å². The number of benzene rings is 2. The third-order valence-electron chi connectivity index (χ3n) is 4.90. The Labute approximate surface area is 187 Å². The zero-order chi connectivity index (χ0) is 22.0. The fourth-order valence-electron chi connectivity index (χ4n) is 3.32. The van der Waals surface area contributed by atoms with Crippen molar-refractivity contribution in [1.82, 2.24) is 15.3 Å². The molecule has 0 saturated carbocycles. The second-order valence-electron chi connectivity index (χ2n) is 7.04. The molecule has 8 heteroatoms. The van der Waals surface area contributed by atoms with Gasteiger partial charge in [-0.1, -0.05) is 41.4 Å². The van der Waals surface area contributed by atoms with Gasteiger partial charge < -0.3 is 15.3 Å². The first-order valence-corrected chi connectivity index (χ1v) is 10.2. The summed E-state index contributed by atoms with van der Waals surface area (Å²) < 4.78 is 0. The Balaban J connectivity index is 1.64. The highest BCUT2D eigenvalue weighted by atomic mass is 35.5. The van der Waals surface area contributed by atoms with Crippen molar-refractivity contribution < 1.29 is 9.59 Å². The van der Waals surface area contributed by atoms with E-state index in [0.29, 0.717) is 15.7 Å². The van der Waals surface area contributed by atoms with Crippen molar-refractivity contribution in [3.63, 3.8) is 0 Å². The van der Waals surface area contributed by atoms with Crippen molar-refractivity contribution in [2.75, 3.05) is 0 Å². The summed E-state index contributed by atoms with van der Waals surface area (Å²) in [6.45, 7) is 0. The number of nitrogens with one attached hydrogen (secondary N) is 3. The van der Waals surface area contributed by atoms with Crippen LogP contribution in [0.25, 0.3) is 10.9 Å².